The van der Waals surface area contributed by atoms with Crippen LogP contribution in [0.2, 0.25) is 0 Å². The van der Waals surface area contributed by atoms with Crippen LogP contribution in [0.15, 0.2) is 0 Å². The second-order valence-electron chi connectivity index (χ2n) is 9.21. The molecule has 2 heterocycles. The number of ether oxygens (including phenoxy) is 2. The van der Waals surface area contributed by atoms with E-state index >= 15 is 0 Å². The Kier molecular flexibility index (Phi) is 11.4. The van der Waals surface area contributed by atoms with E-state index in [9.17, 15) is 28.8 Å². The predicted octanol–water partition coefficient (Wildman–Crippen LogP) is 1.65. The Hall–Kier alpha value is -3.38. The molecule has 2 rings (SSSR count). The highest BCUT2D eigenvalue weighted by Crippen LogP contribution is 2.16. The van der Waals surface area contributed by atoms with E-state index < -0.39 is 36.1 Å². The number of urea groups is 1. The third kappa shape index (κ3) is 9.70. The van der Waals surface area contributed by atoms with E-state index in [2.05, 4.69) is 20.8 Å². The number of nitrogens with one attached hydrogen (secondary N) is 3. The quantitative estimate of drug-likeness (QED) is 0.135. The van der Waals surface area contributed by atoms with Gasteiger partial charge in [-0.05, 0) is 32.6 Å². The van der Waals surface area contributed by atoms with E-state index in [1.165, 1.54) is 0 Å². The number of carbonyl (C=O) groups is 6. The first kappa shape index (κ1) is 28.9. The van der Waals surface area contributed by atoms with Gasteiger partial charge in [0.05, 0.1) is 6.04 Å². The van der Waals surface area contributed by atoms with Gasteiger partial charge in [-0.3, -0.25) is 24.0 Å². The van der Waals surface area contributed by atoms with Gasteiger partial charge in [0.2, 0.25) is 5.91 Å². The van der Waals surface area contributed by atoms with Crippen molar-refractivity contribution >= 4 is 35.9 Å². The lowest BCUT2D eigenvalue weighted by atomic mass is 10.0. The lowest BCUT2D eigenvalue weighted by Gasteiger charge is -2.22. The van der Waals surface area contributed by atoms with Gasteiger partial charge in [0.1, 0.15) is 0 Å². The third-order valence-electron chi connectivity index (χ3n) is 5.75. The van der Waals surface area contributed by atoms with Gasteiger partial charge in [-0.2, -0.15) is 0 Å². The van der Waals surface area contributed by atoms with Gasteiger partial charge in [0.15, 0.2) is 0 Å². The molecule has 0 aromatic rings. The number of esters is 1. The molecule has 0 spiro atoms. The summed E-state index contributed by atoms with van der Waals surface area (Å²) < 4.78 is 10.1. The topological polar surface area (TPSA) is 169 Å². The first-order valence-electron chi connectivity index (χ1n) is 12.3. The zero-order valence-electron chi connectivity index (χ0n) is 21.0. The van der Waals surface area contributed by atoms with Crippen LogP contribution in [-0.2, 0) is 33.5 Å². The average molecular weight is 513 g/mol. The van der Waals surface area contributed by atoms with E-state index in [-0.39, 0.29) is 43.3 Å². The summed E-state index contributed by atoms with van der Waals surface area (Å²) in [6.07, 6.45) is 1.17. The van der Waals surface area contributed by atoms with Crippen LogP contribution in [0.4, 0.5) is 9.59 Å². The number of imide groups is 1. The van der Waals surface area contributed by atoms with Crippen LogP contribution in [0.1, 0.15) is 78.6 Å². The molecule has 13 heteroatoms. The highest BCUT2D eigenvalue weighted by molar-refractivity contribution is 6.01. The maximum absolute atomic E-state index is 12.1. The molecule has 2 aliphatic heterocycles. The second-order valence-corrected chi connectivity index (χ2v) is 9.21. The SMILES string of the molecule is CC(C)C(OC(=O)CCCCNC(=O)CCCCC1NC(=O)NC1C)OC(=O)ON1C(=O)CCC1=O. The van der Waals surface area contributed by atoms with Gasteiger partial charge in [-0.25, -0.2) is 9.59 Å². The Balaban J connectivity index is 1.55. The number of rotatable bonds is 14. The van der Waals surface area contributed by atoms with Gasteiger partial charge >= 0.3 is 18.2 Å². The minimum absolute atomic E-state index is 0.0479. The molecule has 0 aromatic carbocycles. The van der Waals surface area contributed by atoms with Crippen LogP contribution in [-0.4, -0.2) is 65.9 Å². The minimum atomic E-state index is -1.31. The molecule has 0 bridgehead atoms. The van der Waals surface area contributed by atoms with E-state index in [4.69, 9.17) is 9.47 Å². The Labute approximate surface area is 209 Å². The van der Waals surface area contributed by atoms with Crippen LogP contribution in [0.3, 0.4) is 0 Å². The summed E-state index contributed by atoms with van der Waals surface area (Å²) >= 11 is 0. The molecule has 202 valence electrons. The Bertz CT molecular complexity index is 816. The highest BCUT2D eigenvalue weighted by atomic mass is 16.9. The molecule has 0 aliphatic carbocycles. The van der Waals surface area contributed by atoms with Crippen molar-refractivity contribution in [2.24, 2.45) is 5.92 Å². The van der Waals surface area contributed by atoms with Crippen molar-refractivity contribution in [2.45, 2.75) is 96.9 Å². The number of unbranched alkanes of at least 4 members (excludes halogenated alkanes) is 2. The summed E-state index contributed by atoms with van der Waals surface area (Å²) in [7, 11) is 0. The molecule has 0 aromatic heterocycles. The van der Waals surface area contributed by atoms with E-state index in [0.717, 1.165) is 19.3 Å². The molecule has 3 N–H and O–H groups in total. The van der Waals surface area contributed by atoms with Crippen molar-refractivity contribution in [2.75, 3.05) is 6.54 Å². The number of hydroxylamine groups is 2. The summed E-state index contributed by atoms with van der Waals surface area (Å²) in [6, 6.07) is 0.0161. The average Bonchev–Trinajstić information content (AvgIpc) is 3.30. The Morgan fingerprint density at radius 3 is 2.25 bits per heavy atom. The maximum atomic E-state index is 12.1. The van der Waals surface area contributed by atoms with Crippen LogP contribution >= 0.6 is 0 Å². The molecular weight excluding hydrogens is 476 g/mol. The number of hydrogen-bond acceptors (Lipinski definition) is 9. The molecule has 2 fully saturated rings. The highest BCUT2D eigenvalue weighted by Gasteiger charge is 2.35. The number of nitrogens with zero attached hydrogens (tertiary/aromatic N) is 1. The van der Waals surface area contributed by atoms with Crippen molar-refractivity contribution < 1.29 is 43.1 Å². The minimum Gasteiger partial charge on any atom is -0.425 e. The molecule has 2 saturated heterocycles. The zero-order chi connectivity index (χ0) is 26.7. The summed E-state index contributed by atoms with van der Waals surface area (Å²) in [5.41, 5.74) is 0. The van der Waals surface area contributed by atoms with Crippen LogP contribution in [0.5, 0.6) is 0 Å². The lowest BCUT2D eigenvalue weighted by Crippen LogP contribution is -2.36. The molecule has 3 atom stereocenters. The van der Waals surface area contributed by atoms with Crippen molar-refractivity contribution in [3.63, 3.8) is 0 Å². The summed E-state index contributed by atoms with van der Waals surface area (Å²) in [5, 5.41) is 8.80. The van der Waals surface area contributed by atoms with E-state index in [1.54, 1.807) is 13.8 Å². The fraction of sp³-hybridized carbons (Fsp3) is 0.739. The smallest absolute Gasteiger partial charge is 0.425 e. The molecule has 0 saturated carbocycles. The van der Waals surface area contributed by atoms with E-state index in [0.29, 0.717) is 30.9 Å². The zero-order valence-corrected chi connectivity index (χ0v) is 21.0. The molecular formula is C23H36N4O9. The van der Waals surface area contributed by atoms with Crippen molar-refractivity contribution in [1.29, 1.82) is 0 Å². The third-order valence-corrected chi connectivity index (χ3v) is 5.75. The van der Waals surface area contributed by atoms with Crippen molar-refractivity contribution in [1.82, 2.24) is 21.0 Å². The van der Waals surface area contributed by atoms with Gasteiger partial charge in [0.25, 0.3) is 18.1 Å². The van der Waals surface area contributed by atoms with Gasteiger partial charge in [0, 0.05) is 44.2 Å². The monoisotopic (exact) mass is 512 g/mol. The predicted molar refractivity (Wildman–Crippen MR) is 124 cm³/mol. The van der Waals surface area contributed by atoms with Crippen LogP contribution < -0.4 is 16.0 Å². The summed E-state index contributed by atoms with van der Waals surface area (Å²) in [6.45, 7) is 5.68. The number of hydrogen-bond donors (Lipinski definition) is 3. The van der Waals surface area contributed by atoms with Gasteiger partial charge in [-0.1, -0.05) is 25.3 Å². The lowest BCUT2D eigenvalue weighted by molar-refractivity contribution is -0.199. The second kappa shape index (κ2) is 14.2. The molecule has 3 unspecified atom stereocenters. The summed E-state index contributed by atoms with van der Waals surface area (Å²) in [4.78, 5) is 74.9. The largest absolute Gasteiger partial charge is 0.537 e. The van der Waals surface area contributed by atoms with Gasteiger partial charge < -0.3 is 25.4 Å². The van der Waals surface area contributed by atoms with Crippen molar-refractivity contribution in [3.8, 4) is 0 Å². The Morgan fingerprint density at radius 2 is 1.64 bits per heavy atom. The number of amides is 5. The Morgan fingerprint density at radius 1 is 0.972 bits per heavy atom. The van der Waals surface area contributed by atoms with Gasteiger partial charge in [-0.15, -0.1) is 0 Å². The summed E-state index contributed by atoms with van der Waals surface area (Å²) in [5.74, 6) is -2.35. The standard InChI is InChI=1S/C23H36N4O9/c1-14(2)21(35-23(33)36-27-18(29)11-12-19(27)30)34-20(31)10-6-7-13-24-17(28)9-5-4-8-16-15(3)25-22(32)26-16/h14-16,21H,4-13H2,1-3H3,(H,24,28)(H2,25,26,32). The molecule has 13 nitrogen and oxygen atoms in total. The maximum Gasteiger partial charge on any atom is 0.537 e. The normalized spacial score (nSPS) is 20.1. The van der Waals surface area contributed by atoms with E-state index in [1.807, 2.05) is 6.92 Å². The first-order chi connectivity index (χ1) is 17.1. The molecule has 5 amide bonds. The molecule has 2 aliphatic rings. The van der Waals surface area contributed by atoms with Crippen LogP contribution in [0.25, 0.3) is 0 Å². The fourth-order valence-electron chi connectivity index (χ4n) is 3.66. The first-order valence-corrected chi connectivity index (χ1v) is 12.3. The molecule has 36 heavy (non-hydrogen) atoms. The number of carbonyl (C=O) groups excluding carboxylic acids is 6. The molecule has 0 radical (unpaired) electrons. The van der Waals surface area contributed by atoms with Crippen LogP contribution in [0, 0.1) is 5.92 Å². The van der Waals surface area contributed by atoms with Crippen molar-refractivity contribution in [3.05, 3.63) is 0 Å². The fourth-order valence-corrected chi connectivity index (χ4v) is 3.66.